The zero-order valence-electron chi connectivity index (χ0n) is 17.0. The van der Waals surface area contributed by atoms with Crippen molar-refractivity contribution < 1.29 is 19.8 Å². The molecule has 5 heteroatoms. The Morgan fingerprint density at radius 2 is 1.61 bits per heavy atom. The highest BCUT2D eigenvalue weighted by atomic mass is 16.4. The Balaban J connectivity index is 1.71. The molecule has 0 bridgehead atoms. The maximum Gasteiger partial charge on any atom is 0.325 e. The number of allylic oxidation sites excluding steroid dienone is 2. The summed E-state index contributed by atoms with van der Waals surface area (Å²) in [6.45, 7) is -0.435. The van der Waals surface area contributed by atoms with Gasteiger partial charge in [-0.3, -0.25) is 14.6 Å². The molecule has 0 aromatic heterocycles. The number of Topliss-reactive ketones (excluding diaryl/α,β-unsaturated/α-hetero) is 1. The van der Waals surface area contributed by atoms with Crippen molar-refractivity contribution in [3.05, 3.63) is 95.3 Å². The molecule has 3 aromatic carbocycles. The van der Waals surface area contributed by atoms with E-state index in [9.17, 15) is 14.7 Å². The Hall–Kier alpha value is -3.73. The molecule has 1 saturated carbocycles. The molecule has 0 spiro atoms. The van der Waals surface area contributed by atoms with E-state index in [-0.39, 0.29) is 35.9 Å². The van der Waals surface area contributed by atoms with Crippen LogP contribution in [0.3, 0.4) is 0 Å². The summed E-state index contributed by atoms with van der Waals surface area (Å²) in [4.78, 5) is 28.4. The van der Waals surface area contributed by atoms with Crippen LogP contribution >= 0.6 is 0 Å². The lowest BCUT2D eigenvalue weighted by molar-refractivity contribution is -0.135. The predicted molar refractivity (Wildman–Crippen MR) is 121 cm³/mol. The van der Waals surface area contributed by atoms with Gasteiger partial charge in [0.25, 0.3) is 0 Å². The molecule has 0 saturated heterocycles. The number of carbonyl (C=O) groups excluding carboxylic acids is 1. The average Bonchev–Trinajstić information content (AvgIpc) is 2.78. The third kappa shape index (κ3) is 4.56. The average molecular weight is 413 g/mol. The Kier molecular flexibility index (Phi) is 5.94. The summed E-state index contributed by atoms with van der Waals surface area (Å²) in [5, 5.41) is 22.1. The van der Waals surface area contributed by atoms with Gasteiger partial charge in [-0.15, -0.1) is 0 Å². The topological polar surface area (TPSA) is 87.0 Å². The van der Waals surface area contributed by atoms with Crippen molar-refractivity contribution >= 4 is 28.2 Å². The Morgan fingerprint density at radius 1 is 0.903 bits per heavy atom. The molecule has 0 amide bonds. The maximum absolute atomic E-state index is 13.1. The first kappa shape index (κ1) is 20.5. The highest BCUT2D eigenvalue weighted by Crippen LogP contribution is 2.34. The molecule has 31 heavy (non-hydrogen) atoms. The number of rotatable bonds is 5. The zero-order chi connectivity index (χ0) is 21.8. The van der Waals surface area contributed by atoms with Crippen molar-refractivity contribution in [1.29, 1.82) is 0 Å². The smallest absolute Gasteiger partial charge is 0.325 e. The van der Waals surface area contributed by atoms with Crippen molar-refractivity contribution in [2.24, 2.45) is 4.99 Å². The number of carboxylic acids is 1. The van der Waals surface area contributed by atoms with E-state index in [1.807, 2.05) is 72.8 Å². The first-order chi connectivity index (χ1) is 15.0. The second kappa shape index (κ2) is 8.96. The Bertz CT molecular complexity index is 1190. The first-order valence-electron chi connectivity index (χ1n) is 10.3. The predicted octanol–water partition coefficient (Wildman–Crippen LogP) is 4.87. The van der Waals surface area contributed by atoms with Crippen LogP contribution in [0.15, 0.2) is 89.1 Å². The van der Waals surface area contributed by atoms with Gasteiger partial charge in [0, 0.05) is 12.8 Å². The van der Waals surface area contributed by atoms with Gasteiger partial charge in [0.15, 0.2) is 5.78 Å². The number of benzene rings is 3. The minimum Gasteiger partial charge on any atom is -0.511 e. The number of aliphatic hydroxyl groups excluding tert-OH is 1. The summed E-state index contributed by atoms with van der Waals surface area (Å²) >= 11 is 0. The molecule has 1 unspecified atom stereocenters. The quantitative estimate of drug-likeness (QED) is 0.462. The molecule has 0 radical (unpaired) electrons. The lowest BCUT2D eigenvalue weighted by Crippen LogP contribution is -2.27. The number of carbonyl (C=O) groups is 2. The van der Waals surface area contributed by atoms with Gasteiger partial charge in [-0.05, 0) is 34.2 Å². The molecule has 5 nitrogen and oxygen atoms in total. The van der Waals surface area contributed by atoms with Crippen molar-refractivity contribution in [2.75, 3.05) is 6.54 Å². The van der Waals surface area contributed by atoms with E-state index in [0.717, 1.165) is 21.9 Å². The Labute approximate surface area is 180 Å². The van der Waals surface area contributed by atoms with Crippen LogP contribution in [0.25, 0.3) is 10.8 Å². The lowest BCUT2D eigenvalue weighted by Gasteiger charge is -2.26. The molecule has 2 N–H and O–H groups in total. The largest absolute Gasteiger partial charge is 0.511 e. The number of nitrogens with zero attached hydrogens (tertiary/aromatic N) is 1. The van der Waals surface area contributed by atoms with Gasteiger partial charge in [0.05, 0.1) is 11.3 Å². The summed E-state index contributed by atoms with van der Waals surface area (Å²) in [7, 11) is 0. The maximum atomic E-state index is 13.1. The highest BCUT2D eigenvalue weighted by Gasteiger charge is 2.32. The van der Waals surface area contributed by atoms with Crippen molar-refractivity contribution in [3.8, 4) is 0 Å². The lowest BCUT2D eigenvalue weighted by atomic mass is 9.78. The van der Waals surface area contributed by atoms with Gasteiger partial charge in [-0.2, -0.15) is 0 Å². The van der Waals surface area contributed by atoms with Crippen molar-refractivity contribution in [3.63, 3.8) is 0 Å². The fourth-order valence-corrected chi connectivity index (χ4v) is 4.20. The van der Waals surface area contributed by atoms with E-state index in [4.69, 9.17) is 5.11 Å². The van der Waals surface area contributed by atoms with Crippen molar-refractivity contribution in [2.45, 2.75) is 25.2 Å². The number of aliphatic carboxylic acids is 1. The minimum absolute atomic E-state index is 0.0583. The second-order valence-electron chi connectivity index (χ2n) is 7.73. The van der Waals surface area contributed by atoms with Crippen LogP contribution in [0.2, 0.25) is 0 Å². The van der Waals surface area contributed by atoms with E-state index in [0.29, 0.717) is 12.1 Å². The van der Waals surface area contributed by atoms with Gasteiger partial charge in [-0.1, -0.05) is 72.8 Å². The molecule has 4 rings (SSSR count). The number of aliphatic imine (C=N–C) groups is 1. The zero-order valence-corrected chi connectivity index (χ0v) is 17.0. The Morgan fingerprint density at radius 3 is 2.39 bits per heavy atom. The van der Waals surface area contributed by atoms with E-state index >= 15 is 0 Å². The number of hydrogen-bond donors (Lipinski definition) is 2. The van der Waals surface area contributed by atoms with Crippen LogP contribution in [-0.2, 0) is 16.0 Å². The molecule has 0 heterocycles. The molecular weight excluding hydrogens is 390 g/mol. The van der Waals surface area contributed by atoms with Gasteiger partial charge < -0.3 is 10.2 Å². The number of ketones is 1. The van der Waals surface area contributed by atoms with Crippen LogP contribution in [0.1, 0.15) is 29.9 Å². The van der Waals surface area contributed by atoms with E-state index in [2.05, 4.69) is 4.99 Å². The monoisotopic (exact) mass is 413 g/mol. The van der Waals surface area contributed by atoms with E-state index in [1.54, 1.807) is 0 Å². The SMILES string of the molecule is O=C(O)CN=C1CC(c2ccccc2)CC(=O)/C1=C(/O)Cc1cccc2ccccc12. The first-order valence-corrected chi connectivity index (χ1v) is 10.3. The molecule has 1 aliphatic carbocycles. The molecule has 1 fully saturated rings. The normalized spacial score (nSPS) is 19.5. The van der Waals surface area contributed by atoms with Gasteiger partial charge in [0.1, 0.15) is 12.3 Å². The number of fused-ring (bicyclic) bond motifs is 1. The summed E-state index contributed by atoms with van der Waals surface area (Å²) in [5.41, 5.74) is 2.44. The fourth-order valence-electron chi connectivity index (χ4n) is 4.20. The number of carboxylic acid groups (broad SMARTS) is 1. The van der Waals surface area contributed by atoms with Crippen LogP contribution in [0.5, 0.6) is 0 Å². The summed E-state index contributed by atoms with van der Waals surface area (Å²) in [5.74, 6) is -1.43. The van der Waals surface area contributed by atoms with Crippen LogP contribution in [0, 0.1) is 0 Å². The van der Waals surface area contributed by atoms with E-state index in [1.165, 1.54) is 0 Å². The molecule has 3 aromatic rings. The van der Waals surface area contributed by atoms with Crippen LogP contribution < -0.4 is 0 Å². The fraction of sp³-hybridized carbons (Fsp3) is 0.192. The van der Waals surface area contributed by atoms with Crippen LogP contribution in [0.4, 0.5) is 0 Å². The molecule has 0 aliphatic heterocycles. The summed E-state index contributed by atoms with van der Waals surface area (Å²) in [6.07, 6.45) is 0.855. The second-order valence-corrected chi connectivity index (χ2v) is 7.73. The molecule has 1 atom stereocenters. The van der Waals surface area contributed by atoms with Gasteiger partial charge in [-0.25, -0.2) is 0 Å². The summed E-state index contributed by atoms with van der Waals surface area (Å²) in [6, 6.07) is 23.4. The number of hydrogen-bond acceptors (Lipinski definition) is 4. The third-order valence-corrected chi connectivity index (χ3v) is 5.64. The van der Waals surface area contributed by atoms with Crippen molar-refractivity contribution in [1.82, 2.24) is 0 Å². The summed E-state index contributed by atoms with van der Waals surface area (Å²) < 4.78 is 0. The minimum atomic E-state index is -1.07. The molecular formula is C26H23NO4. The van der Waals surface area contributed by atoms with E-state index < -0.39 is 12.5 Å². The third-order valence-electron chi connectivity index (χ3n) is 5.64. The highest BCUT2D eigenvalue weighted by molar-refractivity contribution is 6.25. The van der Waals surface area contributed by atoms with Crippen LogP contribution in [-0.4, -0.2) is 34.2 Å². The molecule has 1 aliphatic rings. The standard InChI is InChI=1S/C26H23NO4/c28-23(14-19-11-6-10-18-9-4-5-12-21(18)19)26-22(27-16-25(30)31)13-20(15-24(26)29)17-7-2-1-3-8-17/h1-12,20,28H,13-16H2,(H,30,31)/b26-23+,27-22?. The number of aliphatic hydroxyl groups is 1. The molecule has 156 valence electrons. The van der Waals surface area contributed by atoms with Gasteiger partial charge >= 0.3 is 5.97 Å². The van der Waals surface area contributed by atoms with Gasteiger partial charge in [0.2, 0.25) is 0 Å².